The fourth-order valence-electron chi connectivity index (χ4n) is 0. The maximum Gasteiger partial charge on any atom is 0 e. The van der Waals surface area contributed by atoms with Crippen LogP contribution in [0, 0.1) is 0 Å². The van der Waals surface area contributed by atoms with Crippen LogP contribution in [0.4, 0.5) is 0 Å². The molecule has 0 atom stereocenters. The third-order valence-corrected chi connectivity index (χ3v) is 0. The molecule has 20 valence electrons. The van der Waals surface area contributed by atoms with Gasteiger partial charge in [-0.3, -0.25) is 4.57 Å². The number of rotatable bonds is 0. The van der Waals surface area contributed by atoms with Crippen LogP contribution in [0.15, 0.2) is 0 Å². The van der Waals surface area contributed by atoms with Gasteiger partial charge in [-0.25, -0.2) is 0 Å². The van der Waals surface area contributed by atoms with Crippen molar-refractivity contribution in [2.75, 3.05) is 0 Å². The first-order chi connectivity index (χ1) is 1.00. The molecule has 0 unspecified atom stereocenters. The molecule has 0 radical (unpaired) electrons. The normalized spacial score (nSPS) is 1.00. The molecule has 1 nitrogen and oxygen atoms in total. The van der Waals surface area contributed by atoms with Crippen molar-refractivity contribution >= 4 is 46.9 Å². The minimum atomic E-state index is 0. The molecule has 0 heterocycles. The summed E-state index contributed by atoms with van der Waals surface area (Å²) in [6, 6.07) is 0. The zero-order chi connectivity index (χ0) is 2.00. The van der Waals surface area contributed by atoms with E-state index in [1.54, 1.807) is 9.12 Å². The second-order valence-electron chi connectivity index (χ2n) is 0. The van der Waals surface area contributed by atoms with Crippen molar-refractivity contribution in [3.05, 3.63) is 0 Å². The fourth-order valence-corrected chi connectivity index (χ4v) is 0. The van der Waals surface area contributed by atoms with Crippen LogP contribution in [-0.2, 0) is 30.8 Å². The van der Waals surface area contributed by atoms with Crippen molar-refractivity contribution in [1.82, 2.24) is 0 Å². The summed E-state index contributed by atoms with van der Waals surface area (Å²) < 4.78 is 8.06. The summed E-state index contributed by atoms with van der Waals surface area (Å²) in [4.78, 5) is 0. The van der Waals surface area contributed by atoms with Crippen LogP contribution in [0.2, 0.25) is 0 Å². The second-order valence-corrected chi connectivity index (χ2v) is 0. The van der Waals surface area contributed by atoms with Crippen LogP contribution in [0.25, 0.3) is 0 Å². The predicted octanol–water partition coefficient (Wildman–Crippen LogP) is -0.444. The molecule has 0 saturated heterocycles. The van der Waals surface area contributed by atoms with Gasteiger partial charge in [0.2, 0.25) is 0 Å². The molecule has 0 amide bonds. The number of hydrogen-bond acceptors (Lipinski definition) is 1. The van der Waals surface area contributed by atoms with Gasteiger partial charge < -0.3 is 0 Å². The molecule has 0 fully saturated rings. The molecule has 4 heavy (non-hydrogen) atoms. The molecule has 0 aliphatic rings. The average molecular weight is 181 g/mol. The van der Waals surface area contributed by atoms with Crippen molar-refractivity contribution < 1.29 is 30.8 Å². The van der Waals surface area contributed by atoms with Crippen molar-refractivity contribution in [1.29, 1.82) is 0 Å². The Hall–Kier alpha value is 2.24. The molecule has 0 aromatic rings. The van der Waals surface area contributed by atoms with Gasteiger partial charge in [0.1, 0.15) is 9.12 Å². The predicted molar refractivity (Wildman–Crippen MR) is 17.5 cm³/mol. The van der Waals surface area contributed by atoms with E-state index in [-0.39, 0.29) is 63.9 Å². The van der Waals surface area contributed by atoms with Crippen molar-refractivity contribution in [3.8, 4) is 0 Å². The van der Waals surface area contributed by atoms with E-state index in [4.69, 9.17) is 4.57 Å². The summed E-state index contributed by atoms with van der Waals surface area (Å²) in [6.07, 6.45) is 0. The van der Waals surface area contributed by atoms with Crippen molar-refractivity contribution in [2.45, 2.75) is 0 Å². The van der Waals surface area contributed by atoms with E-state index in [1.807, 2.05) is 0 Å². The summed E-state index contributed by atoms with van der Waals surface area (Å²) in [7, 11) is 1.72. The maximum atomic E-state index is 8.06. The quantitative estimate of drug-likeness (QED) is 0.366. The van der Waals surface area contributed by atoms with Crippen LogP contribution < -0.4 is 0 Å². The van der Waals surface area contributed by atoms with Gasteiger partial charge in [-0.05, 0) is 0 Å². The van der Waals surface area contributed by atoms with Gasteiger partial charge in [0.05, 0.1) is 0 Å². The van der Waals surface area contributed by atoms with Gasteiger partial charge in [0, 0.05) is 26.2 Å². The fraction of sp³-hybridized carbons (Fsp3) is 0. The Morgan fingerprint density at radius 3 is 1.25 bits per heavy atom. The molecular weight excluding hydrogens is 178 g/mol. The van der Waals surface area contributed by atoms with E-state index < -0.39 is 0 Å². The van der Waals surface area contributed by atoms with Crippen molar-refractivity contribution in [2.24, 2.45) is 0 Å². The van der Waals surface area contributed by atoms with E-state index in [9.17, 15) is 0 Å². The largest absolute Gasteiger partial charge is 0 e. The van der Waals surface area contributed by atoms with E-state index >= 15 is 0 Å². The Bertz CT molecular complexity index is 8.00. The SMILES string of the molecule is O=P.[CaH2].[Zr]. The van der Waals surface area contributed by atoms with Crippen molar-refractivity contribution in [3.63, 3.8) is 0 Å². The van der Waals surface area contributed by atoms with Crippen LogP contribution in [-0.4, -0.2) is 37.7 Å². The van der Waals surface area contributed by atoms with Gasteiger partial charge in [-0.2, -0.15) is 0 Å². The van der Waals surface area contributed by atoms with Crippen LogP contribution in [0.3, 0.4) is 0 Å². The molecule has 0 saturated carbocycles. The Labute approximate surface area is 76.3 Å². The molecule has 0 bridgehead atoms. The minimum absolute atomic E-state index is 0. The molecule has 0 aliphatic carbocycles. The molecule has 0 rings (SSSR count). The second kappa shape index (κ2) is 18.8. The molecule has 0 aliphatic heterocycles. The Balaban J connectivity index is -0.00000000500. The summed E-state index contributed by atoms with van der Waals surface area (Å²) >= 11 is 0. The van der Waals surface area contributed by atoms with Gasteiger partial charge in [0.15, 0.2) is 0 Å². The van der Waals surface area contributed by atoms with E-state index in [1.165, 1.54) is 0 Å². The van der Waals surface area contributed by atoms with Gasteiger partial charge in [-0.15, -0.1) is 0 Å². The van der Waals surface area contributed by atoms with Crippen LogP contribution in [0.5, 0.6) is 0 Å². The number of hydrogen-bond donors (Lipinski definition) is 0. The van der Waals surface area contributed by atoms with E-state index in [2.05, 4.69) is 0 Å². The first-order valence-corrected chi connectivity index (χ1v) is 0.612. The zero-order valence-electron chi connectivity index (χ0n) is 1.41. The Morgan fingerprint density at radius 1 is 1.25 bits per heavy atom. The first-order valence-electron chi connectivity index (χ1n) is 0.204. The summed E-state index contributed by atoms with van der Waals surface area (Å²) in [5.41, 5.74) is 0. The standard InChI is InChI=1S/Ca.HOP.Zr.2H/c;1-2;;;/h;2H;;;. The first kappa shape index (κ1) is 16.3. The summed E-state index contributed by atoms with van der Waals surface area (Å²) in [5, 5.41) is 0. The van der Waals surface area contributed by atoms with Crippen LogP contribution in [0.1, 0.15) is 0 Å². The minimum Gasteiger partial charge on any atom is 0 e. The van der Waals surface area contributed by atoms with E-state index in [0.29, 0.717) is 0 Å². The van der Waals surface area contributed by atoms with E-state index in [0.717, 1.165) is 0 Å². The zero-order valence-corrected chi connectivity index (χ0v) is 4.87. The molecule has 0 aromatic carbocycles. The monoisotopic (exact) mass is 180 g/mol. The maximum absolute atomic E-state index is 8.06. The average Bonchev–Trinajstić information content (AvgIpc) is 1.00. The molecular formula is H3CaOPZr. The smallest absolute Gasteiger partial charge is 0 e. The van der Waals surface area contributed by atoms with Crippen LogP contribution >= 0.6 is 9.12 Å². The molecule has 0 aromatic heterocycles. The summed E-state index contributed by atoms with van der Waals surface area (Å²) in [6.45, 7) is 0. The van der Waals surface area contributed by atoms with Gasteiger partial charge >= 0.3 is 37.7 Å². The molecule has 4 heteroatoms. The third kappa shape index (κ3) is 8.87. The molecule has 0 N–H and O–H groups in total. The topological polar surface area (TPSA) is 17.1 Å². The summed E-state index contributed by atoms with van der Waals surface area (Å²) in [5.74, 6) is 0. The van der Waals surface area contributed by atoms with Gasteiger partial charge in [-0.1, -0.05) is 0 Å². The van der Waals surface area contributed by atoms with Gasteiger partial charge in [0.25, 0.3) is 0 Å². The third-order valence-electron chi connectivity index (χ3n) is 0. The molecule has 0 spiro atoms. The Kier molecular flexibility index (Phi) is 76.5. The Morgan fingerprint density at radius 2 is 1.25 bits per heavy atom.